The fourth-order valence-corrected chi connectivity index (χ4v) is 1.23. The van der Waals surface area contributed by atoms with Crippen LogP contribution in [0.15, 0.2) is 0 Å². The Morgan fingerprint density at radius 1 is 1.78 bits per heavy atom. The lowest BCUT2D eigenvalue weighted by molar-refractivity contribution is 0.0610. The van der Waals surface area contributed by atoms with E-state index in [4.69, 9.17) is 5.73 Å². The summed E-state index contributed by atoms with van der Waals surface area (Å²) < 4.78 is 0. The molecule has 0 unspecified atom stereocenters. The molecule has 54 valence electrons. The first-order valence-corrected chi connectivity index (χ1v) is 3.27. The summed E-state index contributed by atoms with van der Waals surface area (Å²) in [5.74, 6) is 0. The summed E-state index contributed by atoms with van der Waals surface area (Å²) >= 11 is 0. The summed E-state index contributed by atoms with van der Waals surface area (Å²) in [6, 6.07) is 0. The van der Waals surface area contributed by atoms with Gasteiger partial charge in [0.05, 0.1) is 5.60 Å². The molecule has 0 aromatic carbocycles. The Morgan fingerprint density at radius 2 is 2.44 bits per heavy atom. The number of likely N-dealkylation sites (N-methyl/N-ethyl adjacent to an activating group) is 1. The van der Waals surface area contributed by atoms with Crippen LogP contribution in [0.1, 0.15) is 6.42 Å². The first-order valence-electron chi connectivity index (χ1n) is 3.27. The summed E-state index contributed by atoms with van der Waals surface area (Å²) in [6.45, 7) is 2.08. The molecule has 9 heavy (non-hydrogen) atoms. The van der Waals surface area contributed by atoms with E-state index in [9.17, 15) is 5.11 Å². The molecule has 3 heteroatoms. The van der Waals surface area contributed by atoms with E-state index >= 15 is 0 Å². The molecule has 0 aliphatic carbocycles. The third-order valence-electron chi connectivity index (χ3n) is 1.90. The zero-order chi connectivity index (χ0) is 6.91. The molecule has 0 radical (unpaired) electrons. The zero-order valence-electron chi connectivity index (χ0n) is 5.80. The summed E-state index contributed by atoms with van der Waals surface area (Å²) in [7, 11) is 1.99. The molecule has 1 rings (SSSR count). The maximum atomic E-state index is 9.50. The Balaban J connectivity index is 2.45. The van der Waals surface area contributed by atoms with Crippen molar-refractivity contribution in [3.05, 3.63) is 0 Å². The molecule has 0 bridgehead atoms. The summed E-state index contributed by atoms with van der Waals surface area (Å²) in [4.78, 5) is 2.09. The smallest absolute Gasteiger partial charge is 0.0907 e. The molecule has 0 spiro atoms. The monoisotopic (exact) mass is 130 g/mol. The minimum Gasteiger partial charge on any atom is -0.387 e. The molecular weight excluding hydrogens is 116 g/mol. The molecular formula is C6H14N2O. The van der Waals surface area contributed by atoms with E-state index in [2.05, 4.69) is 4.90 Å². The third-order valence-corrected chi connectivity index (χ3v) is 1.90. The van der Waals surface area contributed by atoms with Gasteiger partial charge < -0.3 is 15.7 Å². The summed E-state index contributed by atoms with van der Waals surface area (Å²) in [5, 5.41) is 9.50. The first kappa shape index (κ1) is 6.99. The molecule has 1 atom stereocenters. The topological polar surface area (TPSA) is 49.5 Å². The average molecular weight is 130 g/mol. The van der Waals surface area contributed by atoms with Crippen molar-refractivity contribution in [2.24, 2.45) is 5.73 Å². The molecule has 0 aromatic heterocycles. The van der Waals surface area contributed by atoms with E-state index in [1.165, 1.54) is 0 Å². The largest absolute Gasteiger partial charge is 0.387 e. The predicted octanol–water partition coefficient (Wildman–Crippen LogP) is -0.988. The molecule has 1 aliphatic rings. The van der Waals surface area contributed by atoms with E-state index in [1.54, 1.807) is 0 Å². The number of likely N-dealkylation sites (tertiary alicyclic amines) is 1. The highest BCUT2D eigenvalue weighted by Crippen LogP contribution is 2.17. The Bertz CT molecular complexity index is 107. The van der Waals surface area contributed by atoms with Gasteiger partial charge in [0.1, 0.15) is 0 Å². The quantitative estimate of drug-likeness (QED) is 0.479. The molecule has 0 aromatic rings. The minimum absolute atomic E-state index is 0.386. The molecule has 0 amide bonds. The van der Waals surface area contributed by atoms with E-state index in [-0.39, 0.29) is 0 Å². The van der Waals surface area contributed by atoms with Crippen LogP contribution in [0.4, 0.5) is 0 Å². The van der Waals surface area contributed by atoms with E-state index in [1.807, 2.05) is 7.05 Å². The zero-order valence-corrected chi connectivity index (χ0v) is 5.80. The first-order chi connectivity index (χ1) is 4.16. The minimum atomic E-state index is -0.589. The Labute approximate surface area is 55.5 Å². The second kappa shape index (κ2) is 2.25. The molecule has 1 aliphatic heterocycles. The Hall–Kier alpha value is -0.120. The normalized spacial score (nSPS) is 37.7. The maximum Gasteiger partial charge on any atom is 0.0907 e. The highest BCUT2D eigenvalue weighted by atomic mass is 16.3. The van der Waals surface area contributed by atoms with E-state index in [0.29, 0.717) is 6.54 Å². The predicted molar refractivity (Wildman–Crippen MR) is 36.1 cm³/mol. The van der Waals surface area contributed by atoms with Crippen LogP contribution in [0.25, 0.3) is 0 Å². The van der Waals surface area contributed by atoms with Gasteiger partial charge in [0.2, 0.25) is 0 Å². The number of hydrogen-bond acceptors (Lipinski definition) is 3. The van der Waals surface area contributed by atoms with Crippen LogP contribution in [-0.2, 0) is 0 Å². The fourth-order valence-electron chi connectivity index (χ4n) is 1.23. The van der Waals surface area contributed by atoms with E-state index in [0.717, 1.165) is 19.5 Å². The van der Waals surface area contributed by atoms with Gasteiger partial charge in [0, 0.05) is 19.6 Å². The van der Waals surface area contributed by atoms with Gasteiger partial charge in [-0.05, 0) is 13.5 Å². The molecule has 3 N–H and O–H groups in total. The van der Waals surface area contributed by atoms with Crippen molar-refractivity contribution >= 4 is 0 Å². The van der Waals surface area contributed by atoms with Gasteiger partial charge in [0.25, 0.3) is 0 Å². The highest BCUT2D eigenvalue weighted by Gasteiger charge is 2.32. The van der Waals surface area contributed by atoms with Gasteiger partial charge in [-0.25, -0.2) is 0 Å². The maximum absolute atomic E-state index is 9.50. The van der Waals surface area contributed by atoms with Gasteiger partial charge in [-0.1, -0.05) is 0 Å². The second-order valence-corrected chi connectivity index (χ2v) is 2.92. The number of β-amino-alcohol motifs (C(OH)–C–C–N with tert-alkyl or cyclic N) is 1. The third kappa shape index (κ3) is 1.41. The van der Waals surface area contributed by atoms with Crippen molar-refractivity contribution in [2.75, 3.05) is 26.7 Å². The van der Waals surface area contributed by atoms with Gasteiger partial charge in [-0.3, -0.25) is 0 Å². The van der Waals surface area contributed by atoms with Gasteiger partial charge in [-0.15, -0.1) is 0 Å². The van der Waals surface area contributed by atoms with Crippen LogP contribution in [0.5, 0.6) is 0 Å². The van der Waals surface area contributed by atoms with E-state index < -0.39 is 5.60 Å². The number of nitrogens with zero attached hydrogens (tertiary/aromatic N) is 1. The van der Waals surface area contributed by atoms with Gasteiger partial charge in [-0.2, -0.15) is 0 Å². The summed E-state index contributed by atoms with van der Waals surface area (Å²) in [6.07, 6.45) is 0.819. The van der Waals surface area contributed by atoms with Crippen molar-refractivity contribution in [3.63, 3.8) is 0 Å². The van der Waals surface area contributed by atoms with Crippen LogP contribution in [0.2, 0.25) is 0 Å². The molecule has 1 heterocycles. The van der Waals surface area contributed by atoms with Crippen molar-refractivity contribution < 1.29 is 5.11 Å². The average Bonchev–Trinajstić information content (AvgIpc) is 2.13. The fraction of sp³-hybridized carbons (Fsp3) is 1.00. The Morgan fingerprint density at radius 3 is 2.67 bits per heavy atom. The number of rotatable bonds is 1. The Kier molecular flexibility index (Phi) is 1.75. The van der Waals surface area contributed by atoms with Crippen molar-refractivity contribution in [3.8, 4) is 0 Å². The van der Waals surface area contributed by atoms with Crippen LogP contribution in [0, 0.1) is 0 Å². The molecule has 0 saturated carbocycles. The molecule has 1 fully saturated rings. The van der Waals surface area contributed by atoms with Crippen LogP contribution in [-0.4, -0.2) is 42.3 Å². The lowest BCUT2D eigenvalue weighted by Gasteiger charge is -2.18. The van der Waals surface area contributed by atoms with Crippen LogP contribution >= 0.6 is 0 Å². The van der Waals surface area contributed by atoms with Crippen molar-refractivity contribution in [2.45, 2.75) is 12.0 Å². The SMILES string of the molecule is CN1CC[C@@](O)(CN)C1. The number of nitrogens with two attached hydrogens (primary N) is 1. The van der Waals surface area contributed by atoms with Crippen LogP contribution in [0.3, 0.4) is 0 Å². The lowest BCUT2D eigenvalue weighted by Crippen LogP contribution is -2.39. The second-order valence-electron chi connectivity index (χ2n) is 2.92. The number of aliphatic hydroxyl groups is 1. The van der Waals surface area contributed by atoms with Crippen LogP contribution < -0.4 is 5.73 Å². The molecule has 1 saturated heterocycles. The standard InChI is InChI=1S/C6H14N2O/c1-8-3-2-6(9,4-7)5-8/h9H,2-5,7H2,1H3/t6-/m1/s1. The van der Waals surface area contributed by atoms with Gasteiger partial charge in [0.15, 0.2) is 0 Å². The molecule has 3 nitrogen and oxygen atoms in total. The van der Waals surface area contributed by atoms with Crippen molar-refractivity contribution in [1.29, 1.82) is 0 Å². The summed E-state index contributed by atoms with van der Waals surface area (Å²) in [5.41, 5.74) is 4.77. The van der Waals surface area contributed by atoms with Gasteiger partial charge >= 0.3 is 0 Å². The number of hydrogen-bond donors (Lipinski definition) is 2. The lowest BCUT2D eigenvalue weighted by atomic mass is 10.0. The van der Waals surface area contributed by atoms with Crippen molar-refractivity contribution in [1.82, 2.24) is 4.90 Å². The highest BCUT2D eigenvalue weighted by molar-refractivity contribution is 4.89.